The largest absolute Gasteiger partial charge is 0.334 e. The number of nitrogens with one attached hydrogen (secondary N) is 1. The normalized spacial score (nSPS) is 26.5. The van der Waals surface area contributed by atoms with Crippen molar-refractivity contribution in [3.63, 3.8) is 0 Å². The van der Waals surface area contributed by atoms with Crippen molar-refractivity contribution in [3.8, 4) is 0 Å². The fourth-order valence-electron chi connectivity index (χ4n) is 2.70. The topological polar surface area (TPSA) is 24.4 Å². The first-order valence-corrected chi connectivity index (χ1v) is 8.81. The first-order valence-electron chi connectivity index (χ1n) is 6.65. The molecule has 1 saturated carbocycles. The monoisotopic (exact) mass is 358 g/mol. The maximum absolute atomic E-state index is 6.04. The van der Waals surface area contributed by atoms with Gasteiger partial charge >= 0.3 is 0 Å². The summed E-state index contributed by atoms with van der Waals surface area (Å²) in [5, 5.41) is 5.18. The molecule has 2 atom stereocenters. The lowest BCUT2D eigenvalue weighted by Crippen LogP contribution is -2.31. The van der Waals surface area contributed by atoms with Crippen LogP contribution in [0.5, 0.6) is 0 Å². The molecule has 0 radical (unpaired) electrons. The van der Waals surface area contributed by atoms with Gasteiger partial charge in [0.05, 0.1) is 11.7 Å². The Balaban J connectivity index is 1.76. The highest BCUT2D eigenvalue weighted by atomic mass is 79.9. The summed E-state index contributed by atoms with van der Waals surface area (Å²) in [6.07, 6.45) is 5.28. The zero-order valence-electron chi connectivity index (χ0n) is 10.5. The molecule has 2 aliphatic rings. The van der Waals surface area contributed by atoms with Crippen LogP contribution < -0.4 is 5.32 Å². The average Bonchev–Trinajstić information content (AvgIpc) is 2.43. The Bertz CT molecular complexity index is 506. The van der Waals surface area contributed by atoms with Crippen molar-refractivity contribution in [2.75, 3.05) is 11.1 Å². The summed E-state index contributed by atoms with van der Waals surface area (Å²) in [6.45, 7) is 0. The number of anilines is 1. The molecule has 1 aliphatic heterocycles. The second-order valence-corrected chi connectivity index (χ2v) is 7.41. The molecule has 1 aromatic rings. The van der Waals surface area contributed by atoms with Gasteiger partial charge in [-0.15, -0.1) is 0 Å². The Labute approximate surface area is 131 Å². The minimum absolute atomic E-state index is 0.524. The molecular weight excluding hydrogens is 344 g/mol. The van der Waals surface area contributed by atoms with Crippen LogP contribution in [0.1, 0.15) is 25.7 Å². The lowest BCUT2D eigenvalue weighted by atomic mass is 9.86. The second-order valence-electron chi connectivity index (χ2n) is 5.11. The van der Waals surface area contributed by atoms with Crippen LogP contribution in [0.15, 0.2) is 27.7 Å². The molecule has 5 heteroatoms. The minimum atomic E-state index is 0.524. The molecule has 1 aromatic carbocycles. The van der Waals surface area contributed by atoms with Crippen molar-refractivity contribution in [2.45, 2.75) is 31.7 Å². The van der Waals surface area contributed by atoms with E-state index >= 15 is 0 Å². The van der Waals surface area contributed by atoms with Gasteiger partial charge in [-0.05, 0) is 52.9 Å². The molecule has 1 N–H and O–H groups in total. The molecule has 0 spiro atoms. The zero-order valence-corrected chi connectivity index (χ0v) is 13.7. The Morgan fingerprint density at radius 1 is 1.32 bits per heavy atom. The molecule has 0 amide bonds. The third kappa shape index (κ3) is 3.29. The van der Waals surface area contributed by atoms with E-state index in [0.29, 0.717) is 6.04 Å². The lowest BCUT2D eigenvalue weighted by molar-refractivity contribution is 0.336. The van der Waals surface area contributed by atoms with Gasteiger partial charge in [-0.1, -0.05) is 36.2 Å². The number of hydrogen-bond donors (Lipinski definition) is 1. The fourth-order valence-corrected chi connectivity index (χ4v) is 4.37. The molecule has 2 nitrogen and oxygen atoms in total. The number of hydrogen-bond acceptors (Lipinski definition) is 3. The van der Waals surface area contributed by atoms with Crippen LogP contribution in [0.4, 0.5) is 5.69 Å². The van der Waals surface area contributed by atoms with Crippen LogP contribution in [0.2, 0.25) is 5.02 Å². The van der Waals surface area contributed by atoms with E-state index in [0.717, 1.165) is 26.3 Å². The van der Waals surface area contributed by atoms with Crippen molar-refractivity contribution >= 4 is 50.1 Å². The summed E-state index contributed by atoms with van der Waals surface area (Å²) in [4.78, 5) is 4.87. The number of benzene rings is 1. The third-order valence-corrected chi connectivity index (χ3v) is 5.76. The van der Waals surface area contributed by atoms with Crippen molar-refractivity contribution in [1.82, 2.24) is 0 Å². The highest BCUT2D eigenvalue weighted by Gasteiger charge is 2.29. The molecule has 0 saturated heterocycles. The highest BCUT2D eigenvalue weighted by molar-refractivity contribution is 9.10. The fraction of sp³-hybridized carbons (Fsp3) is 0.500. The maximum atomic E-state index is 6.04. The first kappa shape index (κ1) is 13.8. The van der Waals surface area contributed by atoms with Gasteiger partial charge in [-0.2, -0.15) is 0 Å². The quantitative estimate of drug-likeness (QED) is 0.747. The van der Waals surface area contributed by atoms with E-state index in [-0.39, 0.29) is 0 Å². The summed E-state index contributed by atoms with van der Waals surface area (Å²) in [6, 6.07) is 6.30. The summed E-state index contributed by atoms with van der Waals surface area (Å²) in [5.41, 5.74) is 0.994. The third-order valence-electron chi connectivity index (χ3n) is 3.76. The second kappa shape index (κ2) is 6.06. The smallest absolute Gasteiger partial charge is 0.161 e. The van der Waals surface area contributed by atoms with Gasteiger partial charge in [-0.25, -0.2) is 0 Å². The van der Waals surface area contributed by atoms with Crippen molar-refractivity contribution in [2.24, 2.45) is 10.9 Å². The van der Waals surface area contributed by atoms with Crippen LogP contribution in [0, 0.1) is 5.92 Å². The number of fused-ring (bicyclic) bond motifs is 1. The van der Waals surface area contributed by atoms with Crippen molar-refractivity contribution < 1.29 is 0 Å². The summed E-state index contributed by atoms with van der Waals surface area (Å²) in [7, 11) is 0. The number of rotatable bonds is 1. The molecule has 2 unspecified atom stereocenters. The lowest BCUT2D eigenvalue weighted by Gasteiger charge is -2.32. The van der Waals surface area contributed by atoms with Gasteiger partial charge < -0.3 is 5.32 Å². The van der Waals surface area contributed by atoms with Gasteiger partial charge in [0.15, 0.2) is 5.17 Å². The van der Waals surface area contributed by atoms with E-state index in [1.165, 1.54) is 31.4 Å². The van der Waals surface area contributed by atoms with E-state index < -0.39 is 0 Å². The van der Waals surface area contributed by atoms with Crippen LogP contribution in [0.25, 0.3) is 0 Å². The SMILES string of the molecule is Clc1ccc(Br)c(NC2=NC3CCCCC3CS2)c1. The van der Waals surface area contributed by atoms with E-state index in [9.17, 15) is 0 Å². The van der Waals surface area contributed by atoms with Crippen LogP contribution in [-0.2, 0) is 0 Å². The molecule has 1 heterocycles. The standard InChI is InChI=1S/C14H16BrClN2S/c15-11-6-5-10(16)7-13(11)18-14-17-12-4-2-1-3-9(12)8-19-14/h5-7,9,12H,1-4,8H2,(H,17,18). The zero-order chi connectivity index (χ0) is 13.2. The summed E-state index contributed by atoms with van der Waals surface area (Å²) < 4.78 is 1.02. The highest BCUT2D eigenvalue weighted by Crippen LogP contribution is 2.35. The first-order chi connectivity index (χ1) is 9.22. The number of halogens is 2. The summed E-state index contributed by atoms with van der Waals surface area (Å²) in [5.74, 6) is 1.97. The van der Waals surface area contributed by atoms with Crippen molar-refractivity contribution in [1.29, 1.82) is 0 Å². The predicted molar refractivity (Wildman–Crippen MR) is 88.4 cm³/mol. The molecule has 1 aliphatic carbocycles. The van der Waals surface area contributed by atoms with Crippen LogP contribution >= 0.6 is 39.3 Å². The predicted octanol–water partition coefficient (Wildman–Crippen LogP) is 5.18. The molecule has 3 rings (SSSR count). The van der Waals surface area contributed by atoms with E-state index in [1.807, 2.05) is 30.0 Å². The van der Waals surface area contributed by atoms with Gasteiger partial charge in [0, 0.05) is 15.2 Å². The number of amidine groups is 1. The Morgan fingerprint density at radius 2 is 2.16 bits per heavy atom. The molecule has 0 aromatic heterocycles. The Hall–Kier alpha value is -0.190. The number of aliphatic imine (C=N–C) groups is 1. The van der Waals surface area contributed by atoms with Crippen LogP contribution in [0.3, 0.4) is 0 Å². The Morgan fingerprint density at radius 3 is 3.05 bits per heavy atom. The minimum Gasteiger partial charge on any atom is -0.334 e. The Kier molecular flexibility index (Phi) is 4.40. The van der Waals surface area contributed by atoms with Gasteiger partial charge in [-0.3, -0.25) is 4.99 Å². The van der Waals surface area contributed by atoms with Crippen molar-refractivity contribution in [3.05, 3.63) is 27.7 Å². The van der Waals surface area contributed by atoms with E-state index in [4.69, 9.17) is 16.6 Å². The number of nitrogens with zero attached hydrogens (tertiary/aromatic N) is 1. The molecule has 0 bridgehead atoms. The van der Waals surface area contributed by atoms with Gasteiger partial charge in [0.1, 0.15) is 0 Å². The number of thioether (sulfide) groups is 1. The molecule has 102 valence electrons. The van der Waals surface area contributed by atoms with Gasteiger partial charge in [0.25, 0.3) is 0 Å². The summed E-state index contributed by atoms with van der Waals surface area (Å²) >= 11 is 11.4. The van der Waals surface area contributed by atoms with E-state index in [2.05, 4.69) is 21.2 Å². The average molecular weight is 360 g/mol. The molecular formula is C14H16BrClN2S. The maximum Gasteiger partial charge on any atom is 0.161 e. The molecule has 19 heavy (non-hydrogen) atoms. The molecule has 1 fully saturated rings. The van der Waals surface area contributed by atoms with Gasteiger partial charge in [0.2, 0.25) is 0 Å². The van der Waals surface area contributed by atoms with Crippen LogP contribution in [-0.4, -0.2) is 17.0 Å². The van der Waals surface area contributed by atoms with E-state index in [1.54, 1.807) is 0 Å².